The molecular formula is C22H23BrN2O4. The lowest BCUT2D eigenvalue weighted by molar-refractivity contribution is -0.113. The van der Waals surface area contributed by atoms with Gasteiger partial charge in [-0.05, 0) is 60.0 Å². The Morgan fingerprint density at radius 2 is 1.79 bits per heavy atom. The highest BCUT2D eigenvalue weighted by Crippen LogP contribution is 2.41. The largest absolute Gasteiger partial charge is 0.490 e. The van der Waals surface area contributed by atoms with Gasteiger partial charge in [0.15, 0.2) is 17.3 Å². The number of ketones is 1. The first-order valence-electron chi connectivity index (χ1n) is 9.43. The van der Waals surface area contributed by atoms with Crippen molar-refractivity contribution in [3.05, 3.63) is 63.6 Å². The zero-order chi connectivity index (χ0) is 21.0. The Balaban J connectivity index is 2.18. The van der Waals surface area contributed by atoms with E-state index in [4.69, 9.17) is 9.47 Å². The van der Waals surface area contributed by atoms with Gasteiger partial charge in [-0.15, -0.1) is 0 Å². The van der Waals surface area contributed by atoms with Crippen LogP contribution < -0.4 is 20.1 Å². The zero-order valence-electron chi connectivity index (χ0n) is 16.5. The van der Waals surface area contributed by atoms with Crippen LogP contribution >= 0.6 is 15.9 Å². The SMILES string of the molecule is CCOc1cc(C2NC(=O)NC(c3ccccc3)=C2C(C)=O)cc(Br)c1OCC. The van der Waals surface area contributed by atoms with Gasteiger partial charge in [-0.25, -0.2) is 4.79 Å². The molecule has 1 heterocycles. The minimum Gasteiger partial charge on any atom is -0.490 e. The van der Waals surface area contributed by atoms with Gasteiger partial charge in [0.1, 0.15) is 0 Å². The van der Waals surface area contributed by atoms with E-state index in [-0.39, 0.29) is 11.8 Å². The maximum absolute atomic E-state index is 12.6. The fourth-order valence-corrected chi connectivity index (χ4v) is 3.90. The van der Waals surface area contributed by atoms with Crippen LogP contribution in [0.1, 0.15) is 37.9 Å². The van der Waals surface area contributed by atoms with Gasteiger partial charge in [-0.1, -0.05) is 30.3 Å². The third kappa shape index (κ3) is 4.45. The van der Waals surface area contributed by atoms with Crippen molar-refractivity contribution < 1.29 is 19.1 Å². The number of rotatable bonds is 7. The molecule has 2 amide bonds. The number of carbonyl (C=O) groups excluding carboxylic acids is 2. The van der Waals surface area contributed by atoms with Gasteiger partial charge in [0.25, 0.3) is 0 Å². The van der Waals surface area contributed by atoms with E-state index >= 15 is 0 Å². The number of nitrogens with one attached hydrogen (secondary N) is 2. The molecule has 0 spiro atoms. The van der Waals surface area contributed by atoms with Crippen LogP contribution in [0.5, 0.6) is 11.5 Å². The van der Waals surface area contributed by atoms with Crippen molar-refractivity contribution >= 4 is 33.4 Å². The van der Waals surface area contributed by atoms with Gasteiger partial charge in [-0.3, -0.25) is 4.79 Å². The molecule has 0 fully saturated rings. The molecule has 29 heavy (non-hydrogen) atoms. The fraction of sp³-hybridized carbons (Fsp3) is 0.273. The number of amides is 2. The second-order valence-electron chi connectivity index (χ2n) is 6.44. The topological polar surface area (TPSA) is 76.7 Å². The van der Waals surface area contributed by atoms with Gasteiger partial charge < -0.3 is 20.1 Å². The van der Waals surface area contributed by atoms with Gasteiger partial charge in [-0.2, -0.15) is 0 Å². The predicted molar refractivity (Wildman–Crippen MR) is 115 cm³/mol. The van der Waals surface area contributed by atoms with Crippen molar-refractivity contribution in [3.63, 3.8) is 0 Å². The van der Waals surface area contributed by atoms with Crippen LogP contribution in [0.2, 0.25) is 0 Å². The molecule has 2 N–H and O–H groups in total. The van der Waals surface area contributed by atoms with Crippen molar-refractivity contribution in [2.75, 3.05) is 13.2 Å². The summed E-state index contributed by atoms with van der Waals surface area (Å²) in [5.41, 5.74) is 2.48. The Morgan fingerprint density at radius 3 is 2.41 bits per heavy atom. The second-order valence-corrected chi connectivity index (χ2v) is 7.29. The number of carbonyl (C=O) groups is 2. The third-order valence-electron chi connectivity index (χ3n) is 4.47. The molecule has 1 aliphatic heterocycles. The molecule has 2 aromatic rings. The van der Waals surface area contributed by atoms with Crippen molar-refractivity contribution in [1.82, 2.24) is 10.6 Å². The molecule has 0 aliphatic carbocycles. The van der Waals surface area contributed by atoms with Crippen LogP contribution in [-0.4, -0.2) is 25.0 Å². The molecule has 0 saturated heterocycles. The lowest BCUT2D eigenvalue weighted by Gasteiger charge is -2.30. The van der Waals surface area contributed by atoms with Crippen LogP contribution in [0.25, 0.3) is 5.70 Å². The smallest absolute Gasteiger partial charge is 0.320 e. The van der Waals surface area contributed by atoms with Crippen LogP contribution in [-0.2, 0) is 4.79 Å². The van der Waals surface area contributed by atoms with Crippen LogP contribution in [0, 0.1) is 0 Å². The Morgan fingerprint density at radius 1 is 1.10 bits per heavy atom. The average molecular weight is 459 g/mol. The third-order valence-corrected chi connectivity index (χ3v) is 5.06. The first-order chi connectivity index (χ1) is 14.0. The van der Waals surface area contributed by atoms with Gasteiger partial charge >= 0.3 is 6.03 Å². The molecule has 2 aromatic carbocycles. The number of hydrogen-bond acceptors (Lipinski definition) is 4. The van der Waals surface area contributed by atoms with Crippen molar-refractivity contribution in [1.29, 1.82) is 0 Å². The molecule has 0 aromatic heterocycles. The minimum atomic E-state index is -0.623. The van der Waals surface area contributed by atoms with E-state index in [0.29, 0.717) is 40.5 Å². The number of halogens is 1. The number of benzene rings is 2. The standard InChI is InChI=1S/C22H23BrN2O4/c1-4-28-17-12-15(11-16(23)21(17)29-5-2)20-18(13(3)26)19(24-22(27)25-20)14-9-7-6-8-10-14/h6-12,20H,4-5H2,1-3H3,(H2,24,25,27). The summed E-state index contributed by atoms with van der Waals surface area (Å²) in [4.78, 5) is 25.0. The summed E-state index contributed by atoms with van der Waals surface area (Å²) in [6.07, 6.45) is 0. The maximum Gasteiger partial charge on any atom is 0.320 e. The van der Waals surface area contributed by atoms with E-state index in [1.165, 1.54) is 6.92 Å². The first kappa shape index (κ1) is 20.9. The molecule has 1 atom stereocenters. The van der Waals surface area contributed by atoms with Crippen LogP contribution in [0.15, 0.2) is 52.5 Å². The monoisotopic (exact) mass is 458 g/mol. The van der Waals surface area contributed by atoms with E-state index in [1.807, 2.05) is 50.2 Å². The van der Waals surface area contributed by atoms with Gasteiger partial charge in [0, 0.05) is 5.57 Å². The number of ether oxygens (including phenoxy) is 2. The Labute approximate surface area is 178 Å². The van der Waals surface area contributed by atoms with E-state index in [2.05, 4.69) is 26.6 Å². The van der Waals surface area contributed by atoms with E-state index < -0.39 is 6.04 Å². The first-order valence-corrected chi connectivity index (χ1v) is 10.2. The summed E-state index contributed by atoms with van der Waals surface area (Å²) in [6, 6.07) is 12.0. The molecule has 1 unspecified atom stereocenters. The summed E-state index contributed by atoms with van der Waals surface area (Å²) < 4.78 is 12.1. The molecular weight excluding hydrogens is 436 g/mol. The number of Topliss-reactive ketones (excluding diaryl/α,β-unsaturated/α-hetero) is 1. The van der Waals surface area contributed by atoms with Gasteiger partial charge in [0.2, 0.25) is 0 Å². The summed E-state index contributed by atoms with van der Waals surface area (Å²) >= 11 is 3.53. The highest BCUT2D eigenvalue weighted by atomic mass is 79.9. The maximum atomic E-state index is 12.6. The molecule has 7 heteroatoms. The second kappa shape index (κ2) is 9.13. The van der Waals surface area contributed by atoms with Crippen LogP contribution in [0.4, 0.5) is 4.79 Å². The lowest BCUT2D eigenvalue weighted by Crippen LogP contribution is -2.44. The molecule has 1 aliphatic rings. The van der Waals surface area contributed by atoms with E-state index in [1.54, 1.807) is 6.07 Å². The Bertz CT molecular complexity index is 957. The minimum absolute atomic E-state index is 0.135. The van der Waals surface area contributed by atoms with E-state index in [0.717, 1.165) is 11.1 Å². The molecule has 0 bridgehead atoms. The van der Waals surface area contributed by atoms with Crippen LogP contribution in [0.3, 0.4) is 0 Å². The summed E-state index contributed by atoms with van der Waals surface area (Å²) in [7, 11) is 0. The quantitative estimate of drug-likeness (QED) is 0.635. The van der Waals surface area contributed by atoms with Crippen molar-refractivity contribution in [2.45, 2.75) is 26.8 Å². The van der Waals surface area contributed by atoms with E-state index in [9.17, 15) is 9.59 Å². The van der Waals surface area contributed by atoms with Gasteiger partial charge in [0.05, 0.1) is 29.4 Å². The molecule has 0 saturated carbocycles. The number of urea groups is 1. The summed E-state index contributed by atoms with van der Waals surface area (Å²) in [5, 5.41) is 5.66. The Hall–Kier alpha value is -2.80. The molecule has 6 nitrogen and oxygen atoms in total. The summed E-state index contributed by atoms with van der Waals surface area (Å²) in [5.74, 6) is 1.01. The normalized spacial score (nSPS) is 16.1. The molecule has 0 radical (unpaired) electrons. The average Bonchev–Trinajstić information content (AvgIpc) is 2.70. The highest BCUT2D eigenvalue weighted by molar-refractivity contribution is 9.10. The molecule has 3 rings (SSSR count). The molecule has 152 valence electrons. The fourth-order valence-electron chi connectivity index (χ4n) is 3.33. The predicted octanol–water partition coefficient (Wildman–Crippen LogP) is 4.60. The zero-order valence-corrected chi connectivity index (χ0v) is 18.1. The summed E-state index contributed by atoms with van der Waals surface area (Å²) in [6.45, 7) is 6.22. The highest BCUT2D eigenvalue weighted by Gasteiger charge is 2.32. The van der Waals surface area contributed by atoms with Crippen molar-refractivity contribution in [3.8, 4) is 11.5 Å². The lowest BCUT2D eigenvalue weighted by atomic mass is 9.90. The number of hydrogen-bond donors (Lipinski definition) is 2. The van der Waals surface area contributed by atoms with Crippen molar-refractivity contribution in [2.24, 2.45) is 0 Å². The Kier molecular flexibility index (Phi) is 6.59.